The molecule has 0 bridgehead atoms. The van der Waals surface area contributed by atoms with Gasteiger partial charge in [-0.25, -0.2) is 4.98 Å². The maximum atomic E-state index is 11.9. The highest BCUT2D eigenvalue weighted by atomic mass is 16.6. The predicted octanol–water partition coefficient (Wildman–Crippen LogP) is 1.56. The molecule has 0 saturated heterocycles. The number of anilines is 1. The smallest absolute Gasteiger partial charge is 0.320 e. The number of hydrogen-bond donors (Lipinski definition) is 1. The molecule has 1 aromatic heterocycles. The summed E-state index contributed by atoms with van der Waals surface area (Å²) in [5.41, 5.74) is 6.18. The van der Waals surface area contributed by atoms with Gasteiger partial charge in [-0.2, -0.15) is 0 Å². The Balaban J connectivity index is 2.92. The van der Waals surface area contributed by atoms with Crippen molar-refractivity contribution in [3.05, 3.63) is 27.4 Å². The Hall–Kier alpha value is -2.71. The number of pyridine rings is 1. The molecule has 0 amide bonds. The number of nitrogen functional groups attached to an aromatic ring is 1. The van der Waals surface area contributed by atoms with Gasteiger partial charge in [0, 0.05) is 11.3 Å². The second-order valence-electron chi connectivity index (χ2n) is 5.02. The van der Waals surface area contributed by atoms with E-state index in [-0.39, 0.29) is 37.6 Å². The highest BCUT2D eigenvalue weighted by Gasteiger charge is 2.29. The van der Waals surface area contributed by atoms with E-state index in [1.54, 1.807) is 20.8 Å². The molecule has 132 valence electrons. The van der Waals surface area contributed by atoms with Crippen molar-refractivity contribution in [1.82, 2.24) is 4.98 Å². The van der Waals surface area contributed by atoms with Gasteiger partial charge in [-0.1, -0.05) is 0 Å². The maximum Gasteiger partial charge on any atom is 0.320 e. The highest BCUT2D eigenvalue weighted by Crippen LogP contribution is 2.25. The van der Waals surface area contributed by atoms with E-state index in [1.165, 1.54) is 6.07 Å². The molecule has 24 heavy (non-hydrogen) atoms. The summed E-state index contributed by atoms with van der Waals surface area (Å²) in [5, 5.41) is 10.9. The number of ether oxygens (including phenoxy) is 2. The molecular formula is C15H21N3O6. The number of rotatable bonds is 8. The van der Waals surface area contributed by atoms with Crippen LogP contribution in [0, 0.1) is 23.0 Å². The Kier molecular flexibility index (Phi) is 7.09. The van der Waals surface area contributed by atoms with Crippen molar-refractivity contribution in [2.75, 3.05) is 18.9 Å². The Morgan fingerprint density at radius 1 is 1.29 bits per heavy atom. The third kappa shape index (κ3) is 4.90. The van der Waals surface area contributed by atoms with Crippen LogP contribution < -0.4 is 5.73 Å². The lowest BCUT2D eigenvalue weighted by Crippen LogP contribution is -2.28. The molecule has 0 spiro atoms. The van der Waals surface area contributed by atoms with Crippen molar-refractivity contribution in [2.24, 2.45) is 5.92 Å². The fourth-order valence-electron chi connectivity index (χ4n) is 2.24. The summed E-state index contributed by atoms with van der Waals surface area (Å²) in [4.78, 5) is 38.1. The molecule has 0 atom stereocenters. The Bertz CT molecular complexity index is 591. The van der Waals surface area contributed by atoms with Crippen molar-refractivity contribution in [1.29, 1.82) is 0 Å². The molecule has 1 rings (SSSR count). The van der Waals surface area contributed by atoms with Crippen molar-refractivity contribution in [3.63, 3.8) is 0 Å². The lowest BCUT2D eigenvalue weighted by Gasteiger charge is -2.14. The number of nitrogens with two attached hydrogens (primary N) is 1. The van der Waals surface area contributed by atoms with E-state index in [2.05, 4.69) is 4.98 Å². The topological polar surface area (TPSA) is 135 Å². The number of carbonyl (C=O) groups excluding carboxylic acids is 2. The summed E-state index contributed by atoms with van der Waals surface area (Å²) in [6, 6.07) is 1.52. The van der Waals surface area contributed by atoms with Gasteiger partial charge in [0.05, 0.1) is 18.1 Å². The van der Waals surface area contributed by atoms with E-state index in [1.807, 2.05) is 0 Å². The molecule has 1 heterocycles. The number of aryl methyl sites for hydroxylation is 2. The number of carbonyl (C=O) groups is 2. The quantitative estimate of drug-likeness (QED) is 0.326. The first kappa shape index (κ1) is 19.3. The molecule has 0 aliphatic carbocycles. The predicted molar refractivity (Wildman–Crippen MR) is 85.1 cm³/mol. The molecule has 0 saturated carbocycles. The number of aromatic nitrogens is 1. The summed E-state index contributed by atoms with van der Waals surface area (Å²) in [6.07, 6.45) is 0.340. The van der Waals surface area contributed by atoms with Crippen LogP contribution in [-0.2, 0) is 25.5 Å². The number of esters is 2. The lowest BCUT2D eigenvalue weighted by molar-refractivity contribution is -0.384. The minimum Gasteiger partial charge on any atom is -0.465 e. The number of nitrogens with zero attached hydrogens (tertiary/aromatic N) is 2. The second-order valence-corrected chi connectivity index (χ2v) is 5.02. The van der Waals surface area contributed by atoms with Crippen molar-refractivity contribution >= 4 is 23.4 Å². The van der Waals surface area contributed by atoms with Gasteiger partial charge >= 0.3 is 17.6 Å². The van der Waals surface area contributed by atoms with Gasteiger partial charge in [-0.05, 0) is 39.7 Å². The Labute approximate surface area is 139 Å². The minimum absolute atomic E-state index is 0.112. The summed E-state index contributed by atoms with van der Waals surface area (Å²) in [7, 11) is 0. The fourth-order valence-corrected chi connectivity index (χ4v) is 2.24. The van der Waals surface area contributed by atoms with Crippen LogP contribution in [0.1, 0.15) is 31.5 Å². The normalized spacial score (nSPS) is 10.5. The molecular weight excluding hydrogens is 318 g/mol. The molecule has 0 aliphatic rings. The van der Waals surface area contributed by atoms with Crippen molar-refractivity contribution in [2.45, 2.75) is 33.6 Å². The van der Waals surface area contributed by atoms with Gasteiger partial charge in [-0.15, -0.1) is 0 Å². The average molecular weight is 339 g/mol. The summed E-state index contributed by atoms with van der Waals surface area (Å²) < 4.78 is 9.77. The molecule has 9 nitrogen and oxygen atoms in total. The van der Waals surface area contributed by atoms with E-state index in [0.29, 0.717) is 11.3 Å². The SMILES string of the molecule is CCOC(=O)C(CCc1cc(C)c([N+](=O)[O-])c(N)n1)C(=O)OCC. The molecule has 0 radical (unpaired) electrons. The zero-order valence-corrected chi connectivity index (χ0v) is 13.9. The monoisotopic (exact) mass is 339 g/mol. The summed E-state index contributed by atoms with van der Waals surface area (Å²) in [6.45, 7) is 5.13. The molecule has 0 aromatic carbocycles. The highest BCUT2D eigenvalue weighted by molar-refractivity contribution is 5.94. The molecule has 0 aliphatic heterocycles. The summed E-state index contributed by atoms with van der Waals surface area (Å²) >= 11 is 0. The second kappa shape index (κ2) is 8.80. The van der Waals surface area contributed by atoms with Gasteiger partial charge < -0.3 is 15.2 Å². The zero-order chi connectivity index (χ0) is 18.3. The van der Waals surface area contributed by atoms with Crippen LogP contribution in [0.5, 0.6) is 0 Å². The first-order chi connectivity index (χ1) is 11.3. The van der Waals surface area contributed by atoms with Crippen LogP contribution in [0.15, 0.2) is 6.07 Å². The minimum atomic E-state index is -1.07. The van der Waals surface area contributed by atoms with Gasteiger partial charge in [0.2, 0.25) is 5.82 Å². The van der Waals surface area contributed by atoms with E-state index >= 15 is 0 Å². The third-order valence-electron chi connectivity index (χ3n) is 3.28. The van der Waals surface area contributed by atoms with Crippen LogP contribution in [0.2, 0.25) is 0 Å². The van der Waals surface area contributed by atoms with Crippen LogP contribution in [0.3, 0.4) is 0 Å². The standard InChI is InChI=1S/C15H21N3O6/c1-4-23-14(19)11(15(20)24-5-2)7-6-10-8-9(3)12(18(21)22)13(16)17-10/h8,11H,4-7H2,1-3H3,(H2,16,17). The van der Waals surface area contributed by atoms with Gasteiger partial charge in [0.1, 0.15) is 0 Å². The molecule has 0 unspecified atom stereocenters. The largest absolute Gasteiger partial charge is 0.465 e. The van der Waals surface area contributed by atoms with E-state index in [4.69, 9.17) is 15.2 Å². The van der Waals surface area contributed by atoms with Crippen LogP contribution in [0.25, 0.3) is 0 Å². The third-order valence-corrected chi connectivity index (χ3v) is 3.28. The molecule has 9 heteroatoms. The fraction of sp³-hybridized carbons (Fsp3) is 0.533. The Morgan fingerprint density at radius 2 is 1.83 bits per heavy atom. The van der Waals surface area contributed by atoms with E-state index in [0.717, 1.165) is 0 Å². The number of nitro groups is 1. The molecule has 2 N–H and O–H groups in total. The van der Waals surface area contributed by atoms with Gasteiger partial charge in [0.25, 0.3) is 0 Å². The van der Waals surface area contributed by atoms with Gasteiger partial charge in [0.15, 0.2) is 5.92 Å². The van der Waals surface area contributed by atoms with Crippen LogP contribution in [0.4, 0.5) is 11.5 Å². The van der Waals surface area contributed by atoms with Gasteiger partial charge in [-0.3, -0.25) is 19.7 Å². The van der Waals surface area contributed by atoms with E-state index in [9.17, 15) is 19.7 Å². The molecule has 1 aromatic rings. The lowest BCUT2D eigenvalue weighted by atomic mass is 10.0. The van der Waals surface area contributed by atoms with Crippen LogP contribution in [-0.4, -0.2) is 35.1 Å². The van der Waals surface area contributed by atoms with Crippen molar-refractivity contribution < 1.29 is 24.0 Å². The van der Waals surface area contributed by atoms with Crippen LogP contribution >= 0.6 is 0 Å². The zero-order valence-electron chi connectivity index (χ0n) is 13.9. The van der Waals surface area contributed by atoms with E-state index < -0.39 is 22.8 Å². The number of hydrogen-bond acceptors (Lipinski definition) is 8. The molecule has 0 fully saturated rings. The first-order valence-corrected chi connectivity index (χ1v) is 7.55. The average Bonchev–Trinajstić information content (AvgIpc) is 2.46. The first-order valence-electron chi connectivity index (χ1n) is 7.55. The summed E-state index contributed by atoms with van der Waals surface area (Å²) in [5.74, 6) is -2.59. The maximum absolute atomic E-state index is 11.9. The Morgan fingerprint density at radius 3 is 2.25 bits per heavy atom. The van der Waals surface area contributed by atoms with Crippen molar-refractivity contribution in [3.8, 4) is 0 Å².